The van der Waals surface area contributed by atoms with Crippen molar-refractivity contribution < 1.29 is 4.79 Å². The van der Waals surface area contributed by atoms with E-state index in [4.69, 9.17) is 4.98 Å². The second-order valence-electron chi connectivity index (χ2n) is 6.15. The first-order valence-electron chi connectivity index (χ1n) is 8.53. The standard InChI is InChI=1S/C20H19N3OS/c1-2-13-23(20-22-17-9-3-4-11-18(17)25-20)19(24)15-7-5-10-16-14(15)8-6-12-21-16/h2,5-8,10,12H,1,3-4,9,11,13H2. The Kier molecular flexibility index (Phi) is 4.32. The predicted octanol–water partition coefficient (Wildman–Crippen LogP) is 4.40. The van der Waals surface area contributed by atoms with Gasteiger partial charge in [-0.25, -0.2) is 4.98 Å². The highest BCUT2D eigenvalue weighted by atomic mass is 32.1. The van der Waals surface area contributed by atoms with Gasteiger partial charge in [-0.05, 0) is 43.9 Å². The van der Waals surface area contributed by atoms with E-state index < -0.39 is 0 Å². The van der Waals surface area contributed by atoms with E-state index in [-0.39, 0.29) is 5.91 Å². The maximum absolute atomic E-state index is 13.3. The fourth-order valence-corrected chi connectivity index (χ4v) is 4.42. The molecule has 0 saturated carbocycles. The Morgan fingerprint density at radius 1 is 1.24 bits per heavy atom. The third-order valence-electron chi connectivity index (χ3n) is 4.50. The van der Waals surface area contributed by atoms with E-state index in [0.717, 1.165) is 34.6 Å². The van der Waals surface area contributed by atoms with Crippen LogP contribution in [0.1, 0.15) is 33.8 Å². The van der Waals surface area contributed by atoms with Crippen LogP contribution in [0.2, 0.25) is 0 Å². The number of hydrogen-bond acceptors (Lipinski definition) is 4. The van der Waals surface area contributed by atoms with E-state index in [2.05, 4.69) is 11.6 Å². The molecule has 0 N–H and O–H groups in total. The molecule has 126 valence electrons. The van der Waals surface area contributed by atoms with E-state index >= 15 is 0 Å². The number of fused-ring (bicyclic) bond motifs is 2. The van der Waals surface area contributed by atoms with Crippen LogP contribution in [0.15, 0.2) is 49.2 Å². The monoisotopic (exact) mass is 349 g/mol. The fourth-order valence-electron chi connectivity index (χ4n) is 3.27. The number of anilines is 1. The van der Waals surface area contributed by atoms with E-state index in [0.29, 0.717) is 12.1 Å². The van der Waals surface area contributed by atoms with Gasteiger partial charge in [-0.3, -0.25) is 14.7 Å². The number of benzene rings is 1. The van der Waals surface area contributed by atoms with Crippen LogP contribution >= 0.6 is 11.3 Å². The van der Waals surface area contributed by atoms with Crippen LogP contribution in [-0.2, 0) is 12.8 Å². The van der Waals surface area contributed by atoms with Crippen LogP contribution in [0.4, 0.5) is 5.13 Å². The maximum atomic E-state index is 13.3. The smallest absolute Gasteiger partial charge is 0.261 e. The zero-order valence-corrected chi connectivity index (χ0v) is 14.8. The Bertz CT molecular complexity index is 918. The zero-order chi connectivity index (χ0) is 17.2. The Hall–Kier alpha value is -2.53. The Morgan fingerprint density at radius 3 is 2.96 bits per heavy atom. The third kappa shape index (κ3) is 2.96. The number of carbonyl (C=O) groups excluding carboxylic acids is 1. The highest BCUT2D eigenvalue weighted by Crippen LogP contribution is 2.33. The minimum Gasteiger partial charge on any atom is -0.280 e. The molecule has 2 heterocycles. The molecular formula is C20H19N3OS. The van der Waals surface area contributed by atoms with Crippen molar-refractivity contribution in [1.82, 2.24) is 9.97 Å². The number of rotatable bonds is 4. The van der Waals surface area contributed by atoms with Gasteiger partial charge < -0.3 is 0 Å². The Balaban J connectivity index is 1.76. The number of nitrogens with zero attached hydrogens (tertiary/aromatic N) is 3. The molecule has 0 saturated heterocycles. The van der Waals surface area contributed by atoms with Crippen molar-refractivity contribution in [3.63, 3.8) is 0 Å². The summed E-state index contributed by atoms with van der Waals surface area (Å²) in [5.74, 6) is -0.0513. The SMILES string of the molecule is C=CCN(C(=O)c1cccc2ncccc12)c1nc2c(s1)CCCC2. The molecule has 0 unspecified atom stereocenters. The summed E-state index contributed by atoms with van der Waals surface area (Å²) in [5, 5.41) is 1.64. The first kappa shape index (κ1) is 16.0. The van der Waals surface area contributed by atoms with Crippen LogP contribution in [0.5, 0.6) is 0 Å². The lowest BCUT2D eigenvalue weighted by atomic mass is 10.0. The molecule has 1 aliphatic carbocycles. The van der Waals surface area contributed by atoms with Crippen molar-refractivity contribution in [2.75, 3.05) is 11.4 Å². The minimum atomic E-state index is -0.0513. The number of hydrogen-bond donors (Lipinski definition) is 0. The van der Waals surface area contributed by atoms with Gasteiger partial charge in [0.05, 0.1) is 11.2 Å². The first-order chi connectivity index (χ1) is 12.3. The molecule has 0 spiro atoms. The van der Waals surface area contributed by atoms with Crippen LogP contribution in [0.3, 0.4) is 0 Å². The molecule has 2 aromatic heterocycles. The lowest BCUT2D eigenvalue weighted by Gasteiger charge is -2.19. The highest BCUT2D eigenvalue weighted by Gasteiger charge is 2.24. The van der Waals surface area contributed by atoms with E-state index in [1.165, 1.54) is 17.7 Å². The van der Waals surface area contributed by atoms with Crippen LogP contribution in [0.25, 0.3) is 10.9 Å². The topological polar surface area (TPSA) is 46.1 Å². The number of amides is 1. The number of aromatic nitrogens is 2. The molecule has 0 aliphatic heterocycles. The van der Waals surface area contributed by atoms with Crippen LogP contribution in [-0.4, -0.2) is 22.4 Å². The van der Waals surface area contributed by atoms with Crippen molar-refractivity contribution in [2.45, 2.75) is 25.7 Å². The van der Waals surface area contributed by atoms with Gasteiger partial charge in [0.25, 0.3) is 5.91 Å². The predicted molar refractivity (Wildman–Crippen MR) is 102 cm³/mol. The van der Waals surface area contributed by atoms with Crippen LogP contribution in [0, 0.1) is 0 Å². The molecule has 1 amide bonds. The largest absolute Gasteiger partial charge is 0.280 e. The number of pyridine rings is 1. The first-order valence-corrected chi connectivity index (χ1v) is 9.34. The molecule has 0 bridgehead atoms. The average Bonchev–Trinajstić information content (AvgIpc) is 3.09. The van der Waals surface area contributed by atoms with Crippen molar-refractivity contribution in [3.8, 4) is 0 Å². The summed E-state index contributed by atoms with van der Waals surface area (Å²) in [5.41, 5.74) is 2.64. The summed E-state index contributed by atoms with van der Waals surface area (Å²) in [6.45, 7) is 4.26. The lowest BCUT2D eigenvalue weighted by Crippen LogP contribution is -2.31. The summed E-state index contributed by atoms with van der Waals surface area (Å²) in [6.07, 6.45) is 7.97. The number of carbonyl (C=O) groups is 1. The summed E-state index contributed by atoms with van der Waals surface area (Å²) < 4.78 is 0. The van der Waals surface area contributed by atoms with Gasteiger partial charge in [-0.15, -0.1) is 17.9 Å². The minimum absolute atomic E-state index is 0.0513. The molecule has 0 atom stereocenters. The third-order valence-corrected chi connectivity index (χ3v) is 5.68. The summed E-state index contributed by atoms with van der Waals surface area (Å²) in [7, 11) is 0. The van der Waals surface area contributed by atoms with Gasteiger partial charge in [0.2, 0.25) is 0 Å². The lowest BCUT2D eigenvalue weighted by molar-refractivity contribution is 0.0991. The maximum Gasteiger partial charge on any atom is 0.261 e. The second kappa shape index (κ2) is 6.76. The van der Waals surface area contributed by atoms with Gasteiger partial charge in [0, 0.05) is 28.6 Å². The molecule has 4 rings (SSSR count). The Morgan fingerprint density at radius 2 is 2.12 bits per heavy atom. The normalized spacial score (nSPS) is 13.4. The molecular weight excluding hydrogens is 330 g/mol. The van der Waals surface area contributed by atoms with Gasteiger partial charge >= 0.3 is 0 Å². The molecule has 1 aromatic carbocycles. The van der Waals surface area contributed by atoms with Gasteiger partial charge in [-0.1, -0.05) is 18.2 Å². The average molecular weight is 349 g/mol. The number of aryl methyl sites for hydroxylation is 2. The van der Waals surface area contributed by atoms with Gasteiger partial charge in [0.1, 0.15) is 0 Å². The molecule has 25 heavy (non-hydrogen) atoms. The molecule has 0 radical (unpaired) electrons. The molecule has 5 heteroatoms. The molecule has 3 aromatic rings. The van der Waals surface area contributed by atoms with Crippen molar-refractivity contribution in [2.24, 2.45) is 0 Å². The van der Waals surface area contributed by atoms with Crippen molar-refractivity contribution >= 4 is 33.3 Å². The van der Waals surface area contributed by atoms with Gasteiger partial charge in [0.15, 0.2) is 5.13 Å². The fraction of sp³-hybridized carbons (Fsp3) is 0.250. The summed E-state index contributed by atoms with van der Waals surface area (Å²) in [6, 6.07) is 9.46. The van der Waals surface area contributed by atoms with E-state index in [1.54, 1.807) is 28.5 Å². The summed E-state index contributed by atoms with van der Waals surface area (Å²) >= 11 is 1.64. The molecule has 0 fully saturated rings. The molecule has 4 nitrogen and oxygen atoms in total. The number of thiazole rings is 1. The molecule has 1 aliphatic rings. The highest BCUT2D eigenvalue weighted by molar-refractivity contribution is 7.16. The van der Waals surface area contributed by atoms with Crippen LogP contribution < -0.4 is 4.90 Å². The zero-order valence-electron chi connectivity index (χ0n) is 13.9. The summed E-state index contributed by atoms with van der Waals surface area (Å²) in [4.78, 5) is 25.4. The second-order valence-corrected chi connectivity index (χ2v) is 7.22. The van der Waals surface area contributed by atoms with Gasteiger partial charge in [-0.2, -0.15) is 0 Å². The Labute approximate surface area is 150 Å². The quantitative estimate of drug-likeness (QED) is 0.656. The van der Waals surface area contributed by atoms with Crippen molar-refractivity contribution in [1.29, 1.82) is 0 Å². The van der Waals surface area contributed by atoms with Crippen molar-refractivity contribution in [3.05, 3.63) is 65.3 Å². The van der Waals surface area contributed by atoms with E-state index in [1.807, 2.05) is 30.3 Å². The van der Waals surface area contributed by atoms with E-state index in [9.17, 15) is 4.79 Å².